The Bertz CT molecular complexity index is 461. The molecule has 2 N–H and O–H groups in total. The maximum atomic E-state index is 11.9. The number of nitrogens with zero attached hydrogens (tertiary/aromatic N) is 1. The molecular weight excluding hydrogens is 284 g/mol. The summed E-state index contributed by atoms with van der Waals surface area (Å²) in [5.41, 5.74) is 0.941. The Morgan fingerprint density at radius 3 is 2.58 bits per heavy atom. The van der Waals surface area contributed by atoms with Crippen molar-refractivity contribution >= 4 is 21.8 Å². The first-order valence-corrected chi connectivity index (χ1v) is 8.95. The van der Waals surface area contributed by atoms with Crippen molar-refractivity contribution in [3.8, 4) is 0 Å². The molecule has 1 rings (SSSR count). The molecule has 1 heterocycles. The van der Waals surface area contributed by atoms with Gasteiger partial charge in [0.05, 0.1) is 12.4 Å². The average molecular weight is 304 g/mol. The molecule has 0 aliphatic rings. The highest BCUT2D eigenvalue weighted by atomic mass is 32.2. The van der Waals surface area contributed by atoms with Crippen LogP contribution in [0.4, 0.5) is 0 Å². The number of thioether (sulfide) groups is 1. The third-order valence-electron chi connectivity index (χ3n) is 2.81. The van der Waals surface area contributed by atoms with E-state index in [0.29, 0.717) is 6.42 Å². The van der Waals surface area contributed by atoms with Crippen molar-refractivity contribution in [3.05, 3.63) is 30.1 Å². The first-order valence-electron chi connectivity index (χ1n) is 6.01. The van der Waals surface area contributed by atoms with E-state index in [1.807, 2.05) is 6.26 Å². The summed E-state index contributed by atoms with van der Waals surface area (Å²) in [6.07, 6.45) is 5.59. The Labute approximate surface area is 118 Å². The molecule has 2 atom stereocenters. The maximum absolute atomic E-state index is 11.9. The molecule has 0 fully saturated rings. The van der Waals surface area contributed by atoms with Gasteiger partial charge in [0.2, 0.25) is 10.0 Å². The zero-order valence-corrected chi connectivity index (χ0v) is 12.7. The van der Waals surface area contributed by atoms with Crippen molar-refractivity contribution in [1.29, 1.82) is 0 Å². The highest BCUT2D eigenvalue weighted by molar-refractivity contribution is 7.99. The van der Waals surface area contributed by atoms with E-state index in [9.17, 15) is 8.42 Å². The van der Waals surface area contributed by atoms with Crippen LogP contribution in [0.5, 0.6) is 0 Å². The number of aliphatic hydroxyl groups excluding tert-OH is 1. The summed E-state index contributed by atoms with van der Waals surface area (Å²) in [5.74, 6) is 0.0356. The van der Waals surface area contributed by atoms with Crippen LogP contribution in [0, 0.1) is 0 Å². The highest BCUT2D eigenvalue weighted by Crippen LogP contribution is 2.11. The van der Waals surface area contributed by atoms with E-state index in [1.54, 1.807) is 31.5 Å². The molecule has 0 radical (unpaired) electrons. The SMILES string of the molecule is CSC(CO)C(C)NS(=O)(=O)CCc1ccncc1. The molecule has 0 bridgehead atoms. The van der Waals surface area contributed by atoms with Crippen molar-refractivity contribution < 1.29 is 13.5 Å². The number of hydrogen-bond donors (Lipinski definition) is 2. The fraction of sp³-hybridized carbons (Fsp3) is 0.583. The average Bonchev–Trinajstić information content (AvgIpc) is 2.38. The smallest absolute Gasteiger partial charge is 0.212 e. The summed E-state index contributed by atoms with van der Waals surface area (Å²) in [6, 6.07) is 3.32. The largest absolute Gasteiger partial charge is 0.395 e. The van der Waals surface area contributed by atoms with Crippen LogP contribution in [-0.2, 0) is 16.4 Å². The Morgan fingerprint density at radius 1 is 1.42 bits per heavy atom. The fourth-order valence-corrected chi connectivity index (χ4v) is 3.72. The second kappa shape index (κ2) is 7.84. The molecule has 5 nitrogen and oxygen atoms in total. The molecule has 0 amide bonds. The molecule has 2 unspecified atom stereocenters. The van der Waals surface area contributed by atoms with Gasteiger partial charge in [-0.25, -0.2) is 13.1 Å². The Balaban J connectivity index is 2.52. The summed E-state index contributed by atoms with van der Waals surface area (Å²) in [7, 11) is -3.34. The topological polar surface area (TPSA) is 79.3 Å². The third-order valence-corrected chi connectivity index (χ3v) is 5.45. The van der Waals surface area contributed by atoms with Crippen molar-refractivity contribution in [1.82, 2.24) is 9.71 Å². The lowest BCUT2D eigenvalue weighted by Crippen LogP contribution is -2.42. The molecule has 108 valence electrons. The van der Waals surface area contributed by atoms with Crippen LogP contribution < -0.4 is 4.72 Å². The van der Waals surface area contributed by atoms with E-state index in [-0.39, 0.29) is 23.7 Å². The molecule has 7 heteroatoms. The Morgan fingerprint density at radius 2 is 2.05 bits per heavy atom. The minimum atomic E-state index is -3.34. The van der Waals surface area contributed by atoms with E-state index in [0.717, 1.165) is 5.56 Å². The molecule has 0 aliphatic carbocycles. The van der Waals surface area contributed by atoms with Crippen molar-refractivity contribution in [2.75, 3.05) is 18.6 Å². The summed E-state index contributed by atoms with van der Waals surface area (Å²) in [5, 5.41) is 9.01. The molecule has 0 aromatic carbocycles. The standard InChI is InChI=1S/C12H20N2O3S2/c1-10(12(9-15)18-2)14-19(16,17)8-5-11-3-6-13-7-4-11/h3-4,6-7,10,12,14-15H,5,8-9H2,1-2H3. The second-order valence-corrected chi connectivity index (χ2v) is 7.24. The van der Waals surface area contributed by atoms with Crippen LogP contribution in [0.2, 0.25) is 0 Å². The van der Waals surface area contributed by atoms with Crippen molar-refractivity contribution in [2.45, 2.75) is 24.6 Å². The van der Waals surface area contributed by atoms with E-state index in [4.69, 9.17) is 5.11 Å². The number of aliphatic hydroxyl groups is 1. The van der Waals surface area contributed by atoms with E-state index in [2.05, 4.69) is 9.71 Å². The van der Waals surface area contributed by atoms with Crippen molar-refractivity contribution in [2.24, 2.45) is 0 Å². The van der Waals surface area contributed by atoms with Crippen LogP contribution in [0.25, 0.3) is 0 Å². The number of hydrogen-bond acceptors (Lipinski definition) is 5. The van der Waals surface area contributed by atoms with E-state index in [1.165, 1.54) is 11.8 Å². The first-order chi connectivity index (χ1) is 8.98. The van der Waals surface area contributed by atoms with Gasteiger partial charge in [0.15, 0.2) is 0 Å². The number of nitrogens with one attached hydrogen (secondary N) is 1. The third kappa shape index (κ3) is 5.90. The van der Waals surface area contributed by atoms with E-state index < -0.39 is 10.0 Å². The quantitative estimate of drug-likeness (QED) is 0.737. The fourth-order valence-electron chi connectivity index (χ4n) is 1.66. The van der Waals surface area contributed by atoms with Crippen LogP contribution in [-0.4, -0.2) is 48.4 Å². The number of rotatable bonds is 8. The molecular formula is C12H20N2O3S2. The van der Waals surface area contributed by atoms with Gasteiger partial charge in [0, 0.05) is 23.7 Å². The van der Waals surface area contributed by atoms with Gasteiger partial charge in [0.25, 0.3) is 0 Å². The summed E-state index contributed by atoms with van der Waals surface area (Å²) >= 11 is 1.45. The predicted molar refractivity (Wildman–Crippen MR) is 78.7 cm³/mol. The molecule has 1 aromatic rings. The predicted octanol–water partition coefficient (Wildman–Crippen LogP) is 0.656. The minimum absolute atomic E-state index is 0.0356. The van der Waals surface area contributed by atoms with Gasteiger partial charge in [-0.15, -0.1) is 0 Å². The Hall–Kier alpha value is -0.630. The maximum Gasteiger partial charge on any atom is 0.212 e. The lowest BCUT2D eigenvalue weighted by Gasteiger charge is -2.21. The van der Waals surface area contributed by atoms with Gasteiger partial charge in [0.1, 0.15) is 0 Å². The van der Waals surface area contributed by atoms with Crippen LogP contribution in [0.3, 0.4) is 0 Å². The van der Waals surface area contributed by atoms with Gasteiger partial charge in [-0.2, -0.15) is 11.8 Å². The number of aryl methyl sites for hydroxylation is 1. The van der Waals surface area contributed by atoms with Gasteiger partial charge < -0.3 is 5.11 Å². The lowest BCUT2D eigenvalue weighted by molar-refractivity contribution is 0.282. The summed E-state index contributed by atoms with van der Waals surface area (Å²) in [4.78, 5) is 3.89. The molecule has 0 spiro atoms. The molecule has 0 saturated heterocycles. The monoisotopic (exact) mass is 304 g/mol. The number of aromatic nitrogens is 1. The molecule has 19 heavy (non-hydrogen) atoms. The number of pyridine rings is 1. The van der Waals surface area contributed by atoms with Gasteiger partial charge in [-0.3, -0.25) is 4.98 Å². The van der Waals surface area contributed by atoms with Crippen LogP contribution in [0.15, 0.2) is 24.5 Å². The normalized spacial score (nSPS) is 15.1. The summed E-state index contributed by atoms with van der Waals surface area (Å²) < 4.78 is 26.5. The van der Waals surface area contributed by atoms with Gasteiger partial charge in [-0.1, -0.05) is 0 Å². The minimum Gasteiger partial charge on any atom is -0.395 e. The van der Waals surface area contributed by atoms with E-state index >= 15 is 0 Å². The molecule has 0 saturated carbocycles. The molecule has 0 aliphatic heterocycles. The second-order valence-electron chi connectivity index (χ2n) is 4.29. The van der Waals surface area contributed by atoms with Gasteiger partial charge in [-0.05, 0) is 37.3 Å². The first kappa shape index (κ1) is 16.4. The molecule has 1 aromatic heterocycles. The summed E-state index contributed by atoms with van der Waals surface area (Å²) in [6.45, 7) is 1.72. The Kier molecular flexibility index (Phi) is 6.78. The lowest BCUT2D eigenvalue weighted by atomic mass is 10.2. The zero-order valence-electron chi connectivity index (χ0n) is 11.1. The van der Waals surface area contributed by atoms with Gasteiger partial charge >= 0.3 is 0 Å². The van der Waals surface area contributed by atoms with Crippen molar-refractivity contribution in [3.63, 3.8) is 0 Å². The highest BCUT2D eigenvalue weighted by Gasteiger charge is 2.21. The number of sulfonamides is 1. The van der Waals surface area contributed by atoms with Crippen LogP contribution in [0.1, 0.15) is 12.5 Å². The van der Waals surface area contributed by atoms with Crippen LogP contribution >= 0.6 is 11.8 Å². The zero-order chi connectivity index (χ0) is 14.3.